The van der Waals surface area contributed by atoms with Crippen molar-refractivity contribution in [3.8, 4) is 0 Å². The summed E-state index contributed by atoms with van der Waals surface area (Å²) >= 11 is 7.40. The molecule has 3 heterocycles. The standard InChI is InChI=1S/C23H24ClFN2O3S/c1-14(28)21-10-16(13-31-21)23(30)26-9-7-20-15(12-26)4-3-8-27(20)22(29)11-17-18(24)5-2-6-19(17)25/h2,5-6,10,13,15,20H,3-4,7-9,11-12H2,1H3/t15-,20+/m1/s1. The number of thiophene rings is 1. The number of nitrogens with zero attached hydrogens (tertiary/aromatic N) is 2. The third-order valence-corrected chi connectivity index (χ3v) is 7.64. The molecule has 0 unspecified atom stereocenters. The van der Waals surface area contributed by atoms with Crippen molar-refractivity contribution in [2.45, 2.75) is 38.6 Å². The molecule has 2 saturated heterocycles. The Balaban J connectivity index is 1.43. The lowest BCUT2D eigenvalue weighted by Crippen LogP contribution is -2.57. The summed E-state index contributed by atoms with van der Waals surface area (Å²) in [6.07, 6.45) is 2.44. The first-order chi connectivity index (χ1) is 14.8. The molecule has 2 fully saturated rings. The number of halogens is 2. The van der Waals surface area contributed by atoms with Crippen LogP contribution in [-0.4, -0.2) is 53.1 Å². The molecule has 2 aliphatic rings. The van der Waals surface area contributed by atoms with Crippen molar-refractivity contribution in [2.24, 2.45) is 5.92 Å². The molecular weight excluding hydrogens is 439 g/mol. The summed E-state index contributed by atoms with van der Waals surface area (Å²) in [6, 6.07) is 6.15. The zero-order valence-corrected chi connectivity index (χ0v) is 18.8. The van der Waals surface area contributed by atoms with Crippen LogP contribution in [0.4, 0.5) is 4.39 Å². The smallest absolute Gasteiger partial charge is 0.254 e. The summed E-state index contributed by atoms with van der Waals surface area (Å²) < 4.78 is 14.1. The van der Waals surface area contributed by atoms with Gasteiger partial charge in [0, 0.05) is 41.6 Å². The van der Waals surface area contributed by atoms with Crippen molar-refractivity contribution in [2.75, 3.05) is 19.6 Å². The molecule has 2 aromatic rings. The van der Waals surface area contributed by atoms with Crippen molar-refractivity contribution in [3.63, 3.8) is 0 Å². The Bertz CT molecular complexity index is 1000. The summed E-state index contributed by atoms with van der Waals surface area (Å²) in [5.41, 5.74) is 0.786. The van der Waals surface area contributed by atoms with E-state index in [1.54, 1.807) is 17.5 Å². The van der Waals surface area contributed by atoms with Crippen molar-refractivity contribution in [1.82, 2.24) is 9.80 Å². The van der Waals surface area contributed by atoms with E-state index in [0.29, 0.717) is 36.5 Å². The minimum Gasteiger partial charge on any atom is -0.339 e. The first-order valence-corrected chi connectivity index (χ1v) is 11.7. The highest BCUT2D eigenvalue weighted by atomic mass is 35.5. The predicted molar refractivity (Wildman–Crippen MR) is 118 cm³/mol. The molecule has 2 atom stereocenters. The fourth-order valence-corrected chi connectivity index (χ4v) is 5.68. The second-order valence-corrected chi connectivity index (χ2v) is 9.55. The van der Waals surface area contributed by atoms with Crippen LogP contribution in [0.1, 0.15) is 51.8 Å². The molecule has 0 N–H and O–H groups in total. The molecule has 0 radical (unpaired) electrons. The van der Waals surface area contributed by atoms with Gasteiger partial charge in [-0.2, -0.15) is 0 Å². The lowest BCUT2D eigenvalue weighted by molar-refractivity contribution is -0.137. The van der Waals surface area contributed by atoms with Gasteiger partial charge in [0.05, 0.1) is 16.9 Å². The molecule has 31 heavy (non-hydrogen) atoms. The van der Waals surface area contributed by atoms with Crippen LogP contribution in [0, 0.1) is 11.7 Å². The van der Waals surface area contributed by atoms with Gasteiger partial charge < -0.3 is 9.80 Å². The van der Waals surface area contributed by atoms with Gasteiger partial charge in [0.1, 0.15) is 5.82 Å². The zero-order valence-electron chi connectivity index (χ0n) is 17.3. The van der Waals surface area contributed by atoms with Gasteiger partial charge in [-0.25, -0.2) is 4.39 Å². The molecule has 1 aromatic heterocycles. The average molecular weight is 463 g/mol. The highest BCUT2D eigenvalue weighted by molar-refractivity contribution is 7.12. The number of piperidine rings is 2. The SMILES string of the molecule is CC(=O)c1cc(C(=O)N2CC[C@H]3[C@H](CCCN3C(=O)Cc3c(F)cccc3Cl)C2)cs1. The van der Waals surface area contributed by atoms with Crippen molar-refractivity contribution >= 4 is 40.5 Å². The summed E-state index contributed by atoms with van der Waals surface area (Å²) in [5.74, 6) is -0.499. The Hall–Kier alpha value is -2.25. The summed E-state index contributed by atoms with van der Waals surface area (Å²) in [5, 5.41) is 2.00. The largest absolute Gasteiger partial charge is 0.339 e. The molecule has 0 aliphatic carbocycles. The molecule has 4 rings (SSSR count). The number of ketones is 1. The van der Waals surface area contributed by atoms with Crippen molar-refractivity contribution in [3.05, 3.63) is 56.5 Å². The Morgan fingerprint density at radius 3 is 2.74 bits per heavy atom. The number of benzene rings is 1. The van der Waals surface area contributed by atoms with Crippen LogP contribution in [0.5, 0.6) is 0 Å². The number of carbonyl (C=O) groups is 3. The summed E-state index contributed by atoms with van der Waals surface area (Å²) in [7, 11) is 0. The van der Waals surface area contributed by atoms with Crippen molar-refractivity contribution < 1.29 is 18.8 Å². The zero-order chi connectivity index (χ0) is 22.1. The highest BCUT2D eigenvalue weighted by Crippen LogP contribution is 2.32. The fourth-order valence-electron chi connectivity index (χ4n) is 4.67. The van der Waals surface area contributed by atoms with E-state index in [0.717, 1.165) is 12.8 Å². The van der Waals surface area contributed by atoms with Crippen molar-refractivity contribution in [1.29, 1.82) is 0 Å². The molecule has 5 nitrogen and oxygen atoms in total. The van der Waals surface area contributed by atoms with E-state index in [1.165, 1.54) is 30.4 Å². The second kappa shape index (κ2) is 9.09. The van der Waals surface area contributed by atoms with Crippen LogP contribution >= 0.6 is 22.9 Å². The van der Waals surface area contributed by atoms with Gasteiger partial charge in [-0.15, -0.1) is 11.3 Å². The number of Topliss-reactive ketones (excluding diaryl/α,β-unsaturated/α-hetero) is 1. The maximum Gasteiger partial charge on any atom is 0.254 e. The molecule has 8 heteroatoms. The maximum absolute atomic E-state index is 14.1. The lowest BCUT2D eigenvalue weighted by Gasteiger charge is -2.47. The quantitative estimate of drug-likeness (QED) is 0.631. The van der Waals surface area contributed by atoms with Gasteiger partial charge in [-0.1, -0.05) is 17.7 Å². The van der Waals surface area contributed by atoms with Crippen LogP contribution in [0.15, 0.2) is 29.6 Å². The van der Waals surface area contributed by atoms with E-state index in [4.69, 9.17) is 11.6 Å². The summed E-state index contributed by atoms with van der Waals surface area (Å²) in [4.78, 5) is 41.8. The molecule has 2 aliphatic heterocycles. The minimum atomic E-state index is -0.462. The predicted octanol–water partition coefficient (Wildman–Crippen LogP) is 4.44. The third kappa shape index (κ3) is 4.53. The number of fused-ring (bicyclic) bond motifs is 1. The first-order valence-electron chi connectivity index (χ1n) is 10.5. The minimum absolute atomic E-state index is 0.0425. The normalized spacial score (nSPS) is 21.0. The molecule has 2 amide bonds. The Morgan fingerprint density at radius 2 is 2.03 bits per heavy atom. The molecule has 0 bridgehead atoms. The van der Waals surface area contributed by atoms with Gasteiger partial charge in [0.25, 0.3) is 5.91 Å². The summed E-state index contributed by atoms with van der Waals surface area (Å²) in [6.45, 7) is 3.27. The molecule has 1 aromatic carbocycles. The molecule has 0 spiro atoms. The van der Waals surface area contributed by atoms with E-state index in [9.17, 15) is 18.8 Å². The van der Waals surface area contributed by atoms with Gasteiger partial charge in [0.15, 0.2) is 5.78 Å². The number of hydrogen-bond acceptors (Lipinski definition) is 4. The number of likely N-dealkylation sites (tertiary alicyclic amines) is 2. The third-order valence-electron chi connectivity index (χ3n) is 6.26. The van der Waals surface area contributed by atoms with Crippen LogP contribution < -0.4 is 0 Å². The van der Waals surface area contributed by atoms with Crippen LogP contribution in [0.2, 0.25) is 5.02 Å². The van der Waals surface area contributed by atoms with Crippen LogP contribution in [0.25, 0.3) is 0 Å². The Kier molecular flexibility index (Phi) is 6.44. The van der Waals surface area contributed by atoms with E-state index < -0.39 is 5.82 Å². The number of amides is 2. The maximum atomic E-state index is 14.1. The number of rotatable bonds is 4. The monoisotopic (exact) mass is 462 g/mol. The van der Waals surface area contributed by atoms with Crippen LogP contribution in [-0.2, 0) is 11.2 Å². The fraction of sp³-hybridized carbons (Fsp3) is 0.435. The second-order valence-electron chi connectivity index (χ2n) is 8.23. The highest BCUT2D eigenvalue weighted by Gasteiger charge is 2.39. The number of carbonyl (C=O) groups excluding carboxylic acids is 3. The average Bonchev–Trinajstić information content (AvgIpc) is 3.25. The molecule has 0 saturated carbocycles. The van der Waals surface area contributed by atoms with Gasteiger partial charge >= 0.3 is 0 Å². The van der Waals surface area contributed by atoms with E-state index >= 15 is 0 Å². The lowest BCUT2D eigenvalue weighted by atomic mass is 9.83. The van der Waals surface area contributed by atoms with Gasteiger partial charge in [-0.05, 0) is 50.3 Å². The van der Waals surface area contributed by atoms with Gasteiger partial charge in [0.2, 0.25) is 5.91 Å². The molecular formula is C23H24ClFN2O3S. The Labute approximate surface area is 189 Å². The van der Waals surface area contributed by atoms with E-state index in [1.807, 2.05) is 9.80 Å². The van der Waals surface area contributed by atoms with E-state index in [2.05, 4.69) is 0 Å². The Morgan fingerprint density at radius 1 is 1.23 bits per heavy atom. The van der Waals surface area contributed by atoms with E-state index in [-0.39, 0.29) is 46.6 Å². The van der Waals surface area contributed by atoms with Crippen LogP contribution in [0.3, 0.4) is 0 Å². The van der Waals surface area contributed by atoms with Gasteiger partial charge in [-0.3, -0.25) is 14.4 Å². The first kappa shape index (κ1) is 22.0. The topological polar surface area (TPSA) is 57.7 Å². The molecule has 164 valence electrons. The number of hydrogen-bond donors (Lipinski definition) is 0.